The van der Waals surface area contributed by atoms with Crippen LogP contribution in [0.4, 0.5) is 18.3 Å². The first-order valence-corrected chi connectivity index (χ1v) is 6.97. The Bertz CT molecular complexity index is 511. The summed E-state index contributed by atoms with van der Waals surface area (Å²) >= 11 is 0.525. The third-order valence-corrected chi connectivity index (χ3v) is 4.98. The number of hydrogen-bond acceptors (Lipinski definition) is 6. The van der Waals surface area contributed by atoms with E-state index < -0.39 is 33.1 Å². The second kappa shape index (κ2) is 4.97. The largest absolute Gasteiger partial charge is 0.402 e. The van der Waals surface area contributed by atoms with Gasteiger partial charge in [-0.15, -0.1) is 10.2 Å². The van der Waals surface area contributed by atoms with E-state index in [0.29, 0.717) is 15.6 Å². The van der Waals surface area contributed by atoms with Crippen LogP contribution in [0, 0.1) is 0 Å². The smallest absolute Gasteiger partial charge is 0.374 e. The lowest BCUT2D eigenvalue weighted by Crippen LogP contribution is -2.43. The van der Waals surface area contributed by atoms with Gasteiger partial charge >= 0.3 is 6.18 Å². The van der Waals surface area contributed by atoms with E-state index in [1.165, 1.54) is 13.8 Å². The Morgan fingerprint density at radius 2 is 1.94 bits per heavy atom. The summed E-state index contributed by atoms with van der Waals surface area (Å²) in [6, 6.07) is -0.859. The van der Waals surface area contributed by atoms with Crippen molar-refractivity contribution in [3.63, 3.8) is 0 Å². The van der Waals surface area contributed by atoms with E-state index in [9.17, 15) is 21.6 Å². The monoisotopic (exact) mass is 304 g/mol. The lowest BCUT2D eigenvalue weighted by molar-refractivity contribution is -0.138. The maximum absolute atomic E-state index is 12.4. The van der Waals surface area contributed by atoms with Crippen LogP contribution in [-0.4, -0.2) is 41.7 Å². The Balaban J connectivity index is 3.13. The first-order chi connectivity index (χ1) is 8.04. The first kappa shape index (κ1) is 15.1. The van der Waals surface area contributed by atoms with Gasteiger partial charge in [0.25, 0.3) is 10.0 Å². The standard InChI is InChI=1S/C7H11F3N4O2S2/c1-4(2)14(3-7(8,9)10)18(15,16)6-13-12-5(11)17-6/h4H,3H2,1-2H3,(H2,11,12). The molecule has 0 bridgehead atoms. The molecule has 1 aromatic rings. The molecule has 1 rings (SSSR count). The minimum Gasteiger partial charge on any atom is -0.374 e. The number of halogens is 3. The van der Waals surface area contributed by atoms with Gasteiger partial charge in [-0.25, -0.2) is 8.42 Å². The van der Waals surface area contributed by atoms with Crippen LogP contribution in [0.15, 0.2) is 4.34 Å². The molecule has 0 aliphatic rings. The van der Waals surface area contributed by atoms with Crippen molar-refractivity contribution in [1.82, 2.24) is 14.5 Å². The van der Waals surface area contributed by atoms with Crippen LogP contribution in [0.3, 0.4) is 0 Å². The first-order valence-electron chi connectivity index (χ1n) is 4.71. The number of hydrogen-bond donors (Lipinski definition) is 1. The van der Waals surface area contributed by atoms with Crippen molar-refractivity contribution in [2.24, 2.45) is 0 Å². The Labute approximate surface area is 106 Å². The zero-order chi connectivity index (χ0) is 14.1. The van der Waals surface area contributed by atoms with Gasteiger partial charge in [-0.3, -0.25) is 0 Å². The summed E-state index contributed by atoms with van der Waals surface area (Å²) in [7, 11) is -4.33. The maximum atomic E-state index is 12.4. The molecule has 0 aliphatic heterocycles. The number of anilines is 1. The molecular formula is C7H11F3N4O2S2. The van der Waals surface area contributed by atoms with Gasteiger partial charge in [-0.05, 0) is 13.8 Å². The highest BCUT2D eigenvalue weighted by atomic mass is 32.2. The highest BCUT2D eigenvalue weighted by Gasteiger charge is 2.39. The van der Waals surface area contributed by atoms with E-state index in [2.05, 4.69) is 10.2 Å². The van der Waals surface area contributed by atoms with E-state index >= 15 is 0 Å². The Morgan fingerprint density at radius 3 is 2.28 bits per heavy atom. The van der Waals surface area contributed by atoms with Crippen LogP contribution < -0.4 is 5.73 Å². The lowest BCUT2D eigenvalue weighted by Gasteiger charge is -2.25. The highest BCUT2D eigenvalue weighted by molar-refractivity contribution is 7.91. The van der Waals surface area contributed by atoms with Crippen molar-refractivity contribution >= 4 is 26.5 Å². The molecule has 2 N–H and O–H groups in total. The molecule has 0 aromatic carbocycles. The van der Waals surface area contributed by atoms with E-state index in [0.717, 1.165) is 0 Å². The fourth-order valence-corrected chi connectivity index (χ4v) is 3.67. The van der Waals surface area contributed by atoms with Crippen molar-refractivity contribution in [3.05, 3.63) is 0 Å². The number of sulfonamides is 1. The van der Waals surface area contributed by atoms with E-state index in [-0.39, 0.29) is 5.13 Å². The van der Waals surface area contributed by atoms with Crippen molar-refractivity contribution in [1.29, 1.82) is 0 Å². The zero-order valence-electron chi connectivity index (χ0n) is 9.47. The second-order valence-corrected chi connectivity index (χ2v) is 6.74. The molecule has 0 radical (unpaired) electrons. The molecule has 0 saturated heterocycles. The van der Waals surface area contributed by atoms with Crippen LogP contribution in [0.2, 0.25) is 0 Å². The van der Waals surface area contributed by atoms with Gasteiger partial charge in [0.2, 0.25) is 9.47 Å². The van der Waals surface area contributed by atoms with Crippen molar-refractivity contribution < 1.29 is 21.6 Å². The van der Waals surface area contributed by atoms with Gasteiger partial charge in [0.1, 0.15) is 6.54 Å². The van der Waals surface area contributed by atoms with Gasteiger partial charge in [-0.1, -0.05) is 11.3 Å². The topological polar surface area (TPSA) is 89.2 Å². The van der Waals surface area contributed by atoms with Crippen molar-refractivity contribution in [2.45, 2.75) is 30.4 Å². The fraction of sp³-hybridized carbons (Fsp3) is 0.714. The van der Waals surface area contributed by atoms with Gasteiger partial charge in [0.05, 0.1) is 0 Å². The van der Waals surface area contributed by atoms with Crippen LogP contribution >= 0.6 is 11.3 Å². The summed E-state index contributed by atoms with van der Waals surface area (Å²) in [6.07, 6.45) is -4.63. The van der Waals surface area contributed by atoms with Crippen LogP contribution in [0.5, 0.6) is 0 Å². The fourth-order valence-electron chi connectivity index (χ4n) is 1.15. The molecule has 104 valence electrons. The number of nitrogen functional groups attached to an aromatic ring is 1. The van der Waals surface area contributed by atoms with Crippen molar-refractivity contribution in [3.8, 4) is 0 Å². The zero-order valence-corrected chi connectivity index (χ0v) is 11.1. The molecule has 0 amide bonds. The molecule has 0 saturated carbocycles. The third-order valence-electron chi connectivity index (χ3n) is 1.86. The highest BCUT2D eigenvalue weighted by Crippen LogP contribution is 2.26. The van der Waals surface area contributed by atoms with E-state index in [4.69, 9.17) is 5.73 Å². The van der Waals surface area contributed by atoms with Crippen LogP contribution in [0.25, 0.3) is 0 Å². The third kappa shape index (κ3) is 3.53. The quantitative estimate of drug-likeness (QED) is 0.899. The van der Waals surface area contributed by atoms with Crippen LogP contribution in [-0.2, 0) is 10.0 Å². The molecule has 11 heteroatoms. The Morgan fingerprint density at radius 1 is 1.39 bits per heavy atom. The number of alkyl halides is 3. The molecule has 0 aliphatic carbocycles. The van der Waals surface area contributed by atoms with Gasteiger partial charge < -0.3 is 5.73 Å². The summed E-state index contributed by atoms with van der Waals surface area (Å²) in [5, 5.41) is 6.43. The predicted molar refractivity (Wildman–Crippen MR) is 59.4 cm³/mol. The summed E-state index contributed by atoms with van der Waals surface area (Å²) in [5.74, 6) is 0. The minimum atomic E-state index is -4.63. The average molecular weight is 304 g/mol. The molecule has 0 unspecified atom stereocenters. The number of nitrogens with zero attached hydrogens (tertiary/aromatic N) is 3. The summed E-state index contributed by atoms with van der Waals surface area (Å²) in [4.78, 5) is 0. The Kier molecular flexibility index (Phi) is 4.18. The number of rotatable bonds is 4. The second-order valence-electron chi connectivity index (χ2n) is 3.67. The normalized spacial score (nSPS) is 13.5. The average Bonchev–Trinajstić information content (AvgIpc) is 2.60. The molecule has 18 heavy (non-hydrogen) atoms. The molecular weight excluding hydrogens is 293 g/mol. The maximum Gasteiger partial charge on any atom is 0.402 e. The van der Waals surface area contributed by atoms with Gasteiger partial charge in [-0.2, -0.15) is 17.5 Å². The van der Waals surface area contributed by atoms with Gasteiger partial charge in [0, 0.05) is 6.04 Å². The minimum absolute atomic E-state index is 0.121. The van der Waals surface area contributed by atoms with Crippen LogP contribution in [0.1, 0.15) is 13.8 Å². The molecule has 0 spiro atoms. The number of aromatic nitrogens is 2. The summed E-state index contributed by atoms with van der Waals surface area (Å²) < 4.78 is 60.7. The van der Waals surface area contributed by atoms with E-state index in [1.807, 2.05) is 0 Å². The summed E-state index contributed by atoms with van der Waals surface area (Å²) in [6.45, 7) is 1.11. The lowest BCUT2D eigenvalue weighted by atomic mass is 10.4. The van der Waals surface area contributed by atoms with E-state index in [1.54, 1.807) is 0 Å². The Hall–Kier alpha value is -0.940. The molecule has 0 atom stereocenters. The molecule has 0 fully saturated rings. The predicted octanol–water partition coefficient (Wildman–Crippen LogP) is 1.08. The molecule has 1 aromatic heterocycles. The molecule has 1 heterocycles. The van der Waals surface area contributed by atoms with Gasteiger partial charge in [0.15, 0.2) is 0 Å². The summed E-state index contributed by atoms with van der Waals surface area (Å²) in [5.41, 5.74) is 5.22. The molecule has 6 nitrogen and oxygen atoms in total. The van der Waals surface area contributed by atoms with Crippen molar-refractivity contribution in [2.75, 3.05) is 12.3 Å². The SMILES string of the molecule is CC(C)N(CC(F)(F)F)S(=O)(=O)c1nnc(N)s1. The number of nitrogens with two attached hydrogens (primary N) is 1.